The summed E-state index contributed by atoms with van der Waals surface area (Å²) in [4.78, 5) is 28.4. The van der Waals surface area contributed by atoms with Gasteiger partial charge in [0.15, 0.2) is 0 Å². The number of nitrogens with zero attached hydrogens (tertiary/aromatic N) is 2. The van der Waals surface area contributed by atoms with Gasteiger partial charge in [-0.15, -0.1) is 0 Å². The van der Waals surface area contributed by atoms with Crippen LogP contribution in [0.4, 0.5) is 14.9 Å². The maximum atomic E-state index is 14.0. The van der Waals surface area contributed by atoms with E-state index in [4.69, 9.17) is 4.74 Å². The number of ether oxygens (including phenoxy) is 1. The predicted molar refractivity (Wildman–Crippen MR) is 107 cm³/mol. The van der Waals surface area contributed by atoms with Crippen molar-refractivity contribution in [1.29, 1.82) is 0 Å². The number of rotatable bonds is 6. The molecule has 7 heteroatoms. The molecule has 2 atom stereocenters. The minimum absolute atomic E-state index is 0.104. The Bertz CT molecular complexity index is 877. The average molecular weight is 397 g/mol. The smallest absolute Gasteiger partial charge is 0.414 e. The second kappa shape index (κ2) is 8.61. The lowest BCUT2D eigenvalue weighted by Gasteiger charge is -2.24. The van der Waals surface area contributed by atoms with Crippen molar-refractivity contribution in [2.75, 3.05) is 24.5 Å². The van der Waals surface area contributed by atoms with Gasteiger partial charge in [0, 0.05) is 17.8 Å². The standard InChI is InChI=1S/C22H24FN3O3/c23-19-10-5-4-7-16(19)14-25-12-6-11-20(25)21(27)24-13-18-15-26(22(28)29-18)17-8-2-1-3-9-17/h1-5,7-10,18,20H,6,11-15H2,(H,24,27). The number of carbonyl (C=O) groups is 2. The minimum Gasteiger partial charge on any atom is -0.442 e. The first-order valence-corrected chi connectivity index (χ1v) is 9.90. The van der Waals surface area contributed by atoms with Crippen molar-refractivity contribution in [2.45, 2.75) is 31.5 Å². The molecule has 1 N–H and O–H groups in total. The fourth-order valence-corrected chi connectivity index (χ4v) is 3.94. The fraction of sp³-hybridized carbons (Fsp3) is 0.364. The van der Waals surface area contributed by atoms with Gasteiger partial charge in [0.2, 0.25) is 5.91 Å². The summed E-state index contributed by atoms with van der Waals surface area (Å²) in [5.74, 6) is -0.356. The zero-order valence-corrected chi connectivity index (χ0v) is 16.1. The van der Waals surface area contributed by atoms with Crippen LogP contribution in [0.1, 0.15) is 18.4 Å². The number of anilines is 1. The van der Waals surface area contributed by atoms with Crippen molar-refractivity contribution in [2.24, 2.45) is 0 Å². The van der Waals surface area contributed by atoms with Crippen LogP contribution in [0.15, 0.2) is 54.6 Å². The third-order valence-corrected chi connectivity index (χ3v) is 5.44. The Morgan fingerprint density at radius 1 is 1.14 bits per heavy atom. The zero-order valence-electron chi connectivity index (χ0n) is 16.1. The van der Waals surface area contributed by atoms with Crippen LogP contribution in [0.2, 0.25) is 0 Å². The zero-order chi connectivity index (χ0) is 20.2. The highest BCUT2D eigenvalue weighted by molar-refractivity contribution is 5.89. The Labute approximate surface area is 169 Å². The number of cyclic esters (lactones) is 1. The van der Waals surface area contributed by atoms with E-state index in [1.165, 1.54) is 6.07 Å². The number of carbonyl (C=O) groups excluding carboxylic acids is 2. The van der Waals surface area contributed by atoms with E-state index in [-0.39, 0.29) is 24.3 Å². The van der Waals surface area contributed by atoms with Crippen molar-refractivity contribution >= 4 is 17.7 Å². The van der Waals surface area contributed by atoms with E-state index in [0.29, 0.717) is 18.7 Å². The van der Waals surface area contributed by atoms with Gasteiger partial charge in [-0.1, -0.05) is 36.4 Å². The lowest BCUT2D eigenvalue weighted by Crippen LogP contribution is -2.45. The Morgan fingerprint density at radius 3 is 2.69 bits per heavy atom. The molecule has 2 unspecified atom stereocenters. The summed E-state index contributed by atoms with van der Waals surface area (Å²) in [6.45, 7) is 1.82. The van der Waals surface area contributed by atoms with Gasteiger partial charge in [0.25, 0.3) is 0 Å². The molecule has 2 saturated heterocycles. The Morgan fingerprint density at radius 2 is 1.90 bits per heavy atom. The van der Waals surface area contributed by atoms with Crippen molar-refractivity contribution in [3.8, 4) is 0 Å². The first kappa shape index (κ1) is 19.4. The molecule has 0 saturated carbocycles. The monoisotopic (exact) mass is 397 g/mol. The summed E-state index contributed by atoms with van der Waals surface area (Å²) >= 11 is 0. The van der Waals surface area contributed by atoms with Crippen LogP contribution in [-0.2, 0) is 16.1 Å². The summed E-state index contributed by atoms with van der Waals surface area (Å²) in [6, 6.07) is 15.7. The van der Waals surface area contributed by atoms with Gasteiger partial charge in [-0.25, -0.2) is 9.18 Å². The van der Waals surface area contributed by atoms with E-state index >= 15 is 0 Å². The van der Waals surface area contributed by atoms with Crippen LogP contribution in [0.5, 0.6) is 0 Å². The topological polar surface area (TPSA) is 61.9 Å². The lowest BCUT2D eigenvalue weighted by atomic mass is 10.1. The number of amides is 2. The SMILES string of the molecule is O=C(NCC1CN(c2ccccc2)C(=O)O1)C1CCCN1Cc1ccccc1F. The van der Waals surface area contributed by atoms with E-state index in [1.54, 1.807) is 23.1 Å². The Hall–Kier alpha value is -2.93. The molecule has 6 nitrogen and oxygen atoms in total. The maximum absolute atomic E-state index is 14.0. The molecule has 152 valence electrons. The molecule has 2 aliphatic heterocycles. The molecule has 0 spiro atoms. The molecule has 2 aliphatic rings. The van der Waals surface area contributed by atoms with Crippen molar-refractivity contribution in [3.63, 3.8) is 0 Å². The van der Waals surface area contributed by atoms with Crippen molar-refractivity contribution < 1.29 is 18.7 Å². The number of nitrogens with one attached hydrogen (secondary N) is 1. The van der Waals surface area contributed by atoms with Crippen LogP contribution in [0.3, 0.4) is 0 Å². The van der Waals surface area contributed by atoms with Gasteiger partial charge < -0.3 is 10.1 Å². The first-order valence-electron chi connectivity index (χ1n) is 9.90. The molecular formula is C22H24FN3O3. The normalized spacial score (nSPS) is 22.0. The summed E-state index contributed by atoms with van der Waals surface area (Å²) in [6.07, 6.45) is 0.832. The highest BCUT2D eigenvalue weighted by Gasteiger charge is 2.35. The van der Waals surface area contributed by atoms with Crippen molar-refractivity contribution in [1.82, 2.24) is 10.2 Å². The molecular weight excluding hydrogens is 373 g/mol. The maximum Gasteiger partial charge on any atom is 0.414 e. The van der Waals surface area contributed by atoms with E-state index in [0.717, 1.165) is 25.1 Å². The number of para-hydroxylation sites is 1. The molecule has 2 heterocycles. The number of halogens is 1. The largest absolute Gasteiger partial charge is 0.442 e. The number of benzene rings is 2. The first-order chi connectivity index (χ1) is 14.1. The van der Waals surface area contributed by atoms with Gasteiger partial charge in [0.05, 0.1) is 19.1 Å². The van der Waals surface area contributed by atoms with E-state index in [1.807, 2.05) is 35.2 Å². The van der Waals surface area contributed by atoms with E-state index in [2.05, 4.69) is 5.32 Å². The average Bonchev–Trinajstić information content (AvgIpc) is 3.35. The molecule has 0 bridgehead atoms. The molecule has 2 aromatic rings. The van der Waals surface area contributed by atoms with Crippen LogP contribution in [0.25, 0.3) is 0 Å². The molecule has 4 rings (SSSR count). The third kappa shape index (κ3) is 4.40. The van der Waals surface area contributed by atoms with Gasteiger partial charge >= 0.3 is 6.09 Å². The number of hydrogen-bond acceptors (Lipinski definition) is 4. The van der Waals surface area contributed by atoms with Crippen LogP contribution in [0, 0.1) is 5.82 Å². The van der Waals surface area contributed by atoms with E-state index < -0.39 is 12.2 Å². The quantitative estimate of drug-likeness (QED) is 0.814. The van der Waals surface area contributed by atoms with E-state index in [9.17, 15) is 14.0 Å². The van der Waals surface area contributed by atoms with Gasteiger partial charge in [-0.05, 0) is 37.6 Å². The Balaban J connectivity index is 1.31. The number of likely N-dealkylation sites (tertiary alicyclic amines) is 1. The van der Waals surface area contributed by atoms with Gasteiger partial charge in [0.1, 0.15) is 11.9 Å². The molecule has 0 radical (unpaired) electrons. The molecule has 0 aromatic heterocycles. The molecule has 0 aliphatic carbocycles. The summed E-state index contributed by atoms with van der Waals surface area (Å²) in [5.41, 5.74) is 1.37. The van der Waals surface area contributed by atoms with Crippen LogP contribution in [-0.4, -0.2) is 48.7 Å². The molecule has 29 heavy (non-hydrogen) atoms. The summed E-state index contributed by atoms with van der Waals surface area (Å²) in [7, 11) is 0. The fourth-order valence-electron chi connectivity index (χ4n) is 3.94. The predicted octanol–water partition coefficient (Wildman–Crippen LogP) is 2.93. The number of hydrogen-bond donors (Lipinski definition) is 1. The highest BCUT2D eigenvalue weighted by Crippen LogP contribution is 2.23. The van der Waals surface area contributed by atoms with Crippen molar-refractivity contribution in [3.05, 3.63) is 66.0 Å². The third-order valence-electron chi connectivity index (χ3n) is 5.44. The molecule has 2 aromatic carbocycles. The summed E-state index contributed by atoms with van der Waals surface area (Å²) < 4.78 is 19.3. The summed E-state index contributed by atoms with van der Waals surface area (Å²) in [5, 5.41) is 2.91. The van der Waals surface area contributed by atoms with Crippen LogP contribution < -0.4 is 10.2 Å². The van der Waals surface area contributed by atoms with Gasteiger partial charge in [-0.2, -0.15) is 0 Å². The molecule has 2 fully saturated rings. The second-order valence-electron chi connectivity index (χ2n) is 7.42. The minimum atomic E-state index is -0.405. The second-order valence-corrected chi connectivity index (χ2v) is 7.42. The van der Waals surface area contributed by atoms with Gasteiger partial charge in [-0.3, -0.25) is 14.6 Å². The highest BCUT2D eigenvalue weighted by atomic mass is 19.1. The Kier molecular flexibility index (Phi) is 5.76. The van der Waals surface area contributed by atoms with Crippen LogP contribution >= 0.6 is 0 Å². The lowest BCUT2D eigenvalue weighted by molar-refractivity contribution is -0.126. The molecule has 2 amide bonds.